The summed E-state index contributed by atoms with van der Waals surface area (Å²) in [6.45, 7) is 0.806. The number of hydrogen-bond acceptors (Lipinski definition) is 2. The van der Waals surface area contributed by atoms with Crippen LogP contribution in [0.5, 0.6) is 0 Å². The molecule has 0 fully saturated rings. The quantitative estimate of drug-likeness (QED) is 0.324. The molecule has 0 atom stereocenters. The molecule has 0 saturated heterocycles. The SMILES string of the molecule is [Br-].c1ccc2c(C[n+]3ccc(-c4ccncc4)cc3)c3ccccc3nc2c1. The maximum absolute atomic E-state index is 4.82. The molecule has 3 aromatic heterocycles. The number of halogens is 1. The molecule has 3 nitrogen and oxygen atoms in total. The van der Waals surface area contributed by atoms with Gasteiger partial charge in [0.25, 0.3) is 0 Å². The molecule has 4 heteroatoms. The average molecular weight is 428 g/mol. The van der Waals surface area contributed by atoms with Gasteiger partial charge in [0.05, 0.1) is 11.0 Å². The van der Waals surface area contributed by atoms with Gasteiger partial charge < -0.3 is 17.0 Å². The number of rotatable bonds is 3. The molecule has 5 rings (SSSR count). The second-order valence-corrected chi connectivity index (χ2v) is 6.62. The van der Waals surface area contributed by atoms with Crippen LogP contribution in [0.4, 0.5) is 0 Å². The zero-order valence-corrected chi connectivity index (χ0v) is 16.8. The number of aromatic nitrogens is 3. The Morgan fingerprint density at radius 3 is 1.79 bits per heavy atom. The summed E-state index contributed by atoms with van der Waals surface area (Å²) < 4.78 is 2.22. The van der Waals surface area contributed by atoms with Gasteiger partial charge in [0, 0.05) is 40.9 Å². The maximum atomic E-state index is 4.82. The molecule has 0 bridgehead atoms. The van der Waals surface area contributed by atoms with Gasteiger partial charge in [-0.1, -0.05) is 36.4 Å². The second kappa shape index (κ2) is 7.87. The molecule has 0 N–H and O–H groups in total. The third-order valence-corrected chi connectivity index (χ3v) is 4.94. The van der Waals surface area contributed by atoms with E-state index in [0.717, 1.165) is 17.6 Å². The predicted molar refractivity (Wildman–Crippen MR) is 108 cm³/mol. The summed E-state index contributed by atoms with van der Waals surface area (Å²) in [7, 11) is 0. The summed E-state index contributed by atoms with van der Waals surface area (Å²) in [5, 5.41) is 2.42. The largest absolute Gasteiger partial charge is 1.00 e. The molecule has 0 amide bonds. The minimum Gasteiger partial charge on any atom is -1.00 e. The van der Waals surface area contributed by atoms with E-state index >= 15 is 0 Å². The number of hydrogen-bond donors (Lipinski definition) is 0. The van der Waals surface area contributed by atoms with Crippen LogP contribution in [0.2, 0.25) is 0 Å². The van der Waals surface area contributed by atoms with Crippen LogP contribution in [0.3, 0.4) is 0 Å². The van der Waals surface area contributed by atoms with Gasteiger partial charge in [0.2, 0.25) is 0 Å². The van der Waals surface area contributed by atoms with E-state index in [0.29, 0.717) is 0 Å². The number of fused-ring (bicyclic) bond motifs is 2. The highest BCUT2D eigenvalue weighted by Gasteiger charge is 2.13. The molecule has 0 spiro atoms. The fourth-order valence-electron chi connectivity index (χ4n) is 3.58. The first kappa shape index (κ1) is 18.3. The molecule has 28 heavy (non-hydrogen) atoms. The summed E-state index contributed by atoms with van der Waals surface area (Å²) in [4.78, 5) is 8.91. The van der Waals surface area contributed by atoms with Gasteiger partial charge >= 0.3 is 0 Å². The fourth-order valence-corrected chi connectivity index (χ4v) is 3.58. The lowest BCUT2D eigenvalue weighted by Crippen LogP contribution is -3.00. The van der Waals surface area contributed by atoms with Gasteiger partial charge in [-0.2, -0.15) is 0 Å². The Balaban J connectivity index is 0.00000192. The van der Waals surface area contributed by atoms with Crippen LogP contribution in [0.1, 0.15) is 5.56 Å². The van der Waals surface area contributed by atoms with Crippen LogP contribution >= 0.6 is 0 Å². The molecule has 5 aromatic rings. The minimum absolute atomic E-state index is 0. The van der Waals surface area contributed by atoms with Gasteiger partial charge in [-0.25, -0.2) is 9.55 Å². The van der Waals surface area contributed by atoms with Gasteiger partial charge in [0.1, 0.15) is 0 Å². The van der Waals surface area contributed by atoms with Crippen LogP contribution < -0.4 is 21.5 Å². The Morgan fingerprint density at radius 2 is 1.18 bits per heavy atom. The Bertz CT molecular complexity index is 1180. The molecule has 2 aromatic carbocycles. The van der Waals surface area contributed by atoms with E-state index in [9.17, 15) is 0 Å². The predicted octanol–water partition coefficient (Wildman–Crippen LogP) is 1.79. The molecular weight excluding hydrogens is 410 g/mol. The van der Waals surface area contributed by atoms with E-state index < -0.39 is 0 Å². The number of para-hydroxylation sites is 2. The van der Waals surface area contributed by atoms with E-state index in [-0.39, 0.29) is 17.0 Å². The van der Waals surface area contributed by atoms with Gasteiger partial charge in [0.15, 0.2) is 18.9 Å². The molecule has 3 heterocycles. The average Bonchev–Trinajstić information content (AvgIpc) is 2.75. The first-order valence-electron chi connectivity index (χ1n) is 9.04. The molecule has 136 valence electrons. The highest BCUT2D eigenvalue weighted by molar-refractivity contribution is 5.97. The Labute approximate surface area is 174 Å². The number of pyridine rings is 3. The lowest BCUT2D eigenvalue weighted by atomic mass is 10.0. The van der Waals surface area contributed by atoms with Crippen molar-refractivity contribution in [3.8, 4) is 11.1 Å². The van der Waals surface area contributed by atoms with Crippen LogP contribution in [0.15, 0.2) is 97.6 Å². The number of nitrogens with zero attached hydrogens (tertiary/aromatic N) is 3. The highest BCUT2D eigenvalue weighted by atomic mass is 79.9. The Kier molecular flexibility index (Phi) is 5.13. The second-order valence-electron chi connectivity index (χ2n) is 6.62. The van der Waals surface area contributed by atoms with Crippen LogP contribution in [-0.2, 0) is 6.54 Å². The highest BCUT2D eigenvalue weighted by Crippen LogP contribution is 2.25. The van der Waals surface area contributed by atoms with Gasteiger partial charge in [-0.05, 0) is 35.4 Å². The van der Waals surface area contributed by atoms with E-state index in [1.165, 1.54) is 27.5 Å². The summed E-state index contributed by atoms with van der Waals surface area (Å²) >= 11 is 0. The van der Waals surface area contributed by atoms with Crippen molar-refractivity contribution in [2.45, 2.75) is 6.54 Å². The Morgan fingerprint density at radius 1 is 0.643 bits per heavy atom. The first-order valence-corrected chi connectivity index (χ1v) is 9.04. The summed E-state index contributed by atoms with van der Waals surface area (Å²) in [5.74, 6) is 0. The molecule has 0 saturated carbocycles. The molecule has 0 aliphatic heterocycles. The summed E-state index contributed by atoms with van der Waals surface area (Å²) in [6.07, 6.45) is 7.93. The molecule has 0 radical (unpaired) electrons. The molecule has 0 aliphatic carbocycles. The van der Waals surface area contributed by atoms with Crippen LogP contribution in [0.25, 0.3) is 32.9 Å². The van der Waals surface area contributed by atoms with Crippen LogP contribution in [0, 0.1) is 0 Å². The smallest absolute Gasteiger partial charge is 0.175 e. The Hall–Kier alpha value is -3.11. The van der Waals surface area contributed by atoms with Crippen molar-refractivity contribution in [1.29, 1.82) is 0 Å². The van der Waals surface area contributed by atoms with Crippen molar-refractivity contribution in [2.75, 3.05) is 0 Å². The van der Waals surface area contributed by atoms with E-state index in [1.807, 2.05) is 36.7 Å². The topological polar surface area (TPSA) is 29.7 Å². The molecule has 0 aliphatic rings. The van der Waals surface area contributed by atoms with Crippen molar-refractivity contribution in [3.05, 3.63) is 103 Å². The van der Waals surface area contributed by atoms with Crippen molar-refractivity contribution in [3.63, 3.8) is 0 Å². The minimum atomic E-state index is 0. The lowest BCUT2D eigenvalue weighted by molar-refractivity contribution is -0.687. The zero-order chi connectivity index (χ0) is 18.1. The van der Waals surface area contributed by atoms with Gasteiger partial charge in [-0.3, -0.25) is 4.98 Å². The third-order valence-electron chi connectivity index (χ3n) is 4.94. The van der Waals surface area contributed by atoms with Crippen molar-refractivity contribution in [1.82, 2.24) is 9.97 Å². The van der Waals surface area contributed by atoms with E-state index in [2.05, 4.69) is 70.5 Å². The molecule has 0 unspecified atom stereocenters. The summed E-state index contributed by atoms with van der Waals surface area (Å²) in [6, 6.07) is 25.1. The lowest BCUT2D eigenvalue weighted by Gasteiger charge is -2.09. The molecular formula is C24H18BrN3. The number of benzene rings is 2. The van der Waals surface area contributed by atoms with Crippen molar-refractivity contribution >= 4 is 21.8 Å². The summed E-state index contributed by atoms with van der Waals surface area (Å²) in [5.41, 5.74) is 5.76. The standard InChI is InChI=1S/C24H18N3.BrH/c1-3-7-23-20(5-1)22(21-6-2-4-8-24(21)26-23)17-27-15-11-19(12-16-27)18-9-13-25-14-10-18;/h1-16H,17H2;1H/q+1;/p-1. The third kappa shape index (κ3) is 3.39. The van der Waals surface area contributed by atoms with Crippen LogP contribution in [-0.4, -0.2) is 9.97 Å². The van der Waals surface area contributed by atoms with Crippen molar-refractivity contribution < 1.29 is 21.5 Å². The zero-order valence-electron chi connectivity index (χ0n) is 15.2. The van der Waals surface area contributed by atoms with Crippen molar-refractivity contribution in [2.24, 2.45) is 0 Å². The van der Waals surface area contributed by atoms with Gasteiger partial charge in [-0.15, -0.1) is 0 Å². The van der Waals surface area contributed by atoms with E-state index in [1.54, 1.807) is 0 Å². The van der Waals surface area contributed by atoms with E-state index in [4.69, 9.17) is 4.98 Å². The first-order chi connectivity index (χ1) is 13.4. The monoisotopic (exact) mass is 427 g/mol. The fraction of sp³-hybridized carbons (Fsp3) is 0.0417. The normalized spacial score (nSPS) is 10.7. The maximum Gasteiger partial charge on any atom is 0.175 e.